The summed E-state index contributed by atoms with van der Waals surface area (Å²) < 4.78 is 11.1. The number of benzene rings is 4. The van der Waals surface area contributed by atoms with Crippen LogP contribution in [0.3, 0.4) is 0 Å². The van der Waals surface area contributed by atoms with Crippen LogP contribution in [0.2, 0.25) is 0 Å². The SMILES string of the molecule is O=C(CCCCCCC(=O)NCCOCCOCCCCCCCl)NCCCCC1CN2CCNC(=O)c3cccc(c3[O-])C(=O)NCCN(CCNC(=O)c3cccc(c3O)C(=O)N1)CCN1CCNC(=O)c3cccc(c3[O-])C(=O)NCCN(CCNC(=O)c3cccc(c3[O-])C(=O)NCC1)CC2.[Tb+3]. The van der Waals surface area contributed by atoms with E-state index in [1.54, 1.807) is 0 Å². The molecular weight excluding hydrogens is 1540 g/mol. The minimum atomic E-state index is -0.810. The molecule has 4 aliphatic heterocycles. The molecule has 0 aromatic heterocycles. The van der Waals surface area contributed by atoms with Gasteiger partial charge in [-0.15, -0.1) is 11.6 Å². The Morgan fingerprint density at radius 3 is 1.11 bits per heavy atom. The number of carbonyl (C=O) groups is 10. The maximum atomic E-state index is 14.6. The van der Waals surface area contributed by atoms with E-state index in [9.17, 15) is 68.4 Å². The molecule has 11 N–H and O–H groups in total. The summed E-state index contributed by atoms with van der Waals surface area (Å²) in [6.45, 7) is 3.85. The van der Waals surface area contributed by atoms with Gasteiger partial charge in [0.15, 0.2) is 0 Å². The Morgan fingerprint density at radius 1 is 0.396 bits per heavy atom. The molecule has 4 aromatic rings. The third-order valence-corrected chi connectivity index (χ3v) is 18.6. The van der Waals surface area contributed by atoms with Crippen molar-refractivity contribution in [2.75, 3.05) is 170 Å². The summed E-state index contributed by atoms with van der Waals surface area (Å²) in [4.78, 5) is 145. The van der Waals surface area contributed by atoms with Crippen molar-refractivity contribution in [3.8, 4) is 23.0 Å². The fraction of sp³-hybridized carbons (Fsp3) is 0.541. The van der Waals surface area contributed by atoms with Gasteiger partial charge in [0.05, 0.1) is 30.9 Å². The Balaban J connectivity index is 0.0000176. The van der Waals surface area contributed by atoms with E-state index in [0.29, 0.717) is 83.9 Å². The maximum absolute atomic E-state index is 14.6. The van der Waals surface area contributed by atoms with Gasteiger partial charge in [-0.05, 0) is 57.1 Å². The number of phenols is 1. The molecule has 0 saturated heterocycles. The number of hydrogen-bond donors (Lipinski definition) is 11. The van der Waals surface area contributed by atoms with E-state index in [0.717, 1.165) is 38.5 Å². The summed E-state index contributed by atoms with van der Waals surface area (Å²) in [5.74, 6) is -8.45. The Morgan fingerprint density at radius 2 is 0.717 bits per heavy atom. The molecule has 0 radical (unpaired) electrons. The van der Waals surface area contributed by atoms with Crippen LogP contribution in [0.5, 0.6) is 23.0 Å². The summed E-state index contributed by atoms with van der Waals surface area (Å²) in [6, 6.07) is 15.7. The van der Waals surface area contributed by atoms with Gasteiger partial charge >= 0.3 is 38.6 Å². The van der Waals surface area contributed by atoms with Crippen LogP contribution < -0.4 is 68.5 Å². The molecule has 3 atom stereocenters. The molecule has 4 aliphatic rings. The van der Waals surface area contributed by atoms with E-state index in [-0.39, 0.29) is 226 Å². The molecule has 0 saturated carbocycles. The normalized spacial score (nSPS) is 19.5. The number of alkyl halides is 1. The number of nitrogens with one attached hydrogen (secondary N) is 10. The maximum Gasteiger partial charge on any atom is 3.00 e. The number of rotatable bonds is 24. The third kappa shape index (κ3) is 29.7. The first-order valence-corrected chi connectivity index (χ1v) is 37.1. The van der Waals surface area contributed by atoms with Gasteiger partial charge in [0.25, 0.3) is 47.3 Å². The largest absolute Gasteiger partial charge is 3.00 e. The number of unbranched alkanes of at least 4 members (excludes halogenated alkanes) is 7. The molecule has 8 rings (SSSR count). The van der Waals surface area contributed by atoms with E-state index in [2.05, 4.69) is 53.2 Å². The summed E-state index contributed by atoms with van der Waals surface area (Å²) in [6.07, 6.45) is 8.84. The molecule has 12 bridgehead atoms. The third-order valence-electron chi connectivity index (χ3n) is 18.3. The van der Waals surface area contributed by atoms with Crippen LogP contribution in [0.25, 0.3) is 0 Å². The van der Waals surface area contributed by atoms with Crippen LogP contribution in [0, 0.1) is 38.6 Å². The van der Waals surface area contributed by atoms with Gasteiger partial charge in [0, 0.05) is 202 Å². The van der Waals surface area contributed by atoms with Gasteiger partial charge in [-0.25, -0.2) is 0 Å². The zero-order chi connectivity index (χ0) is 75.1. The average molecular weight is 1640 g/mol. The van der Waals surface area contributed by atoms with E-state index in [1.165, 1.54) is 72.8 Å². The summed E-state index contributed by atoms with van der Waals surface area (Å²) in [7, 11) is 0. The number of aromatic hydroxyl groups is 1. The quantitative estimate of drug-likeness (QED) is 0.0340. The average Bonchev–Trinajstić information content (AvgIpc) is 0.847. The van der Waals surface area contributed by atoms with Crippen LogP contribution in [-0.2, 0) is 19.1 Å². The number of phenolic OH excluding ortho intramolecular Hbond substituents is 1. The van der Waals surface area contributed by atoms with Crippen LogP contribution in [0.15, 0.2) is 72.8 Å². The summed E-state index contributed by atoms with van der Waals surface area (Å²) in [5, 5.41) is 82.0. The van der Waals surface area contributed by atoms with Crippen molar-refractivity contribution in [1.29, 1.82) is 0 Å². The second kappa shape index (κ2) is 48.4. The molecule has 30 nitrogen and oxygen atoms in total. The number of carbonyl (C=O) groups excluding carboxylic acids is 10. The van der Waals surface area contributed by atoms with E-state index in [1.807, 2.05) is 19.6 Å². The van der Waals surface area contributed by atoms with Crippen molar-refractivity contribution >= 4 is 70.7 Å². The Kier molecular flexibility index (Phi) is 39.8. The number of amides is 10. The van der Waals surface area contributed by atoms with Crippen LogP contribution in [-0.4, -0.2) is 260 Å². The molecule has 106 heavy (non-hydrogen) atoms. The molecular formula is C74H102ClN14O16Tb. The predicted molar refractivity (Wildman–Crippen MR) is 388 cm³/mol. The number of halogens is 1. The van der Waals surface area contributed by atoms with Gasteiger partial charge in [-0.1, -0.05) is 104 Å². The number of nitrogens with zero attached hydrogens (tertiary/aromatic N) is 4. The molecule has 3 unspecified atom stereocenters. The zero-order valence-electron chi connectivity index (χ0n) is 60.2. The van der Waals surface area contributed by atoms with Gasteiger partial charge in [0.2, 0.25) is 11.8 Å². The van der Waals surface area contributed by atoms with E-state index in [4.69, 9.17) is 21.1 Å². The van der Waals surface area contributed by atoms with Gasteiger partial charge in [0.1, 0.15) is 5.75 Å². The molecule has 4 heterocycles. The van der Waals surface area contributed by atoms with E-state index >= 15 is 0 Å². The van der Waals surface area contributed by atoms with Crippen molar-refractivity contribution in [1.82, 2.24) is 72.8 Å². The number of para-hydroxylation sites is 4. The molecule has 4 aromatic carbocycles. The standard InChI is InChI=1S/C74H105ClN14O16.Tb/c75-26-8-3-4-10-47-104-49-50-105-48-35-77-62(91)25-6-2-1-5-24-61(90)76-27-9-7-15-52-51-89-42-34-84-72(101)58-21-13-20-57(65(58)94)69(98)80-30-38-87(39-31-83-73(102)59-22-14-23-60(66(59)95)74(103)85-52)44-43-86-36-28-78-67(96)53-16-11-18-55(63(53)92)70(99)81-32-40-88(45-46-89)41-33-82-71(100)56-19-12-17-54(64(56)93)68(97)79-29-37-86;/h11-14,16-23,52,92-95H,1-10,15,24-51H2,(H,76,90)(H,77,91)(H,78,96)(H,79,97)(H,80,98)(H,81,99)(H,82,100)(H,83,102)(H,84,101)(H,85,103);/q;+3/p-3. The van der Waals surface area contributed by atoms with Crippen molar-refractivity contribution < 1.29 is 116 Å². The van der Waals surface area contributed by atoms with Crippen molar-refractivity contribution in [3.63, 3.8) is 0 Å². The van der Waals surface area contributed by atoms with Crippen molar-refractivity contribution in [3.05, 3.63) is 117 Å². The summed E-state index contributed by atoms with van der Waals surface area (Å²) >= 11 is 5.72. The first kappa shape index (κ1) is 87.0. The number of hydrogen-bond acceptors (Lipinski definition) is 20. The van der Waals surface area contributed by atoms with Gasteiger partial charge in [-0.2, -0.15) is 0 Å². The Bertz CT molecular complexity index is 3450. The monoisotopic (exact) mass is 1640 g/mol. The molecule has 0 aliphatic carbocycles. The van der Waals surface area contributed by atoms with Gasteiger partial charge < -0.3 is 83.1 Å². The Hall–Kier alpha value is -7.88. The Labute approximate surface area is 655 Å². The topological polar surface area (TPSA) is 412 Å². The van der Waals surface area contributed by atoms with Crippen LogP contribution in [0.4, 0.5) is 0 Å². The van der Waals surface area contributed by atoms with Crippen molar-refractivity contribution in [2.45, 2.75) is 89.5 Å². The molecule has 0 spiro atoms. The van der Waals surface area contributed by atoms with Crippen LogP contribution in [0.1, 0.15) is 166 Å². The fourth-order valence-electron chi connectivity index (χ4n) is 12.3. The second-order valence-electron chi connectivity index (χ2n) is 26.0. The number of ether oxygens (including phenoxy) is 2. The van der Waals surface area contributed by atoms with Gasteiger partial charge in [-0.3, -0.25) is 67.5 Å². The predicted octanol–water partition coefficient (Wildman–Crippen LogP) is 0.745. The van der Waals surface area contributed by atoms with Crippen LogP contribution >= 0.6 is 11.6 Å². The number of fused-ring (bicyclic) bond motifs is 16. The first-order valence-electron chi connectivity index (χ1n) is 36.6. The zero-order valence-corrected chi connectivity index (χ0v) is 63.0. The molecule has 32 heteroatoms. The minimum Gasteiger partial charge on any atom is -0.871 e. The first-order chi connectivity index (χ1) is 50.9. The second-order valence-corrected chi connectivity index (χ2v) is 26.4. The fourth-order valence-corrected chi connectivity index (χ4v) is 12.5. The minimum absolute atomic E-state index is 0. The molecule has 10 amide bonds. The van der Waals surface area contributed by atoms with Crippen molar-refractivity contribution in [2.24, 2.45) is 0 Å². The summed E-state index contributed by atoms with van der Waals surface area (Å²) in [5.41, 5.74) is -2.09. The molecule has 0 fully saturated rings. The smallest absolute Gasteiger partial charge is 0.871 e. The molecule has 580 valence electrons. The van der Waals surface area contributed by atoms with E-state index < -0.39 is 76.3 Å².